The van der Waals surface area contributed by atoms with E-state index in [0.29, 0.717) is 35.7 Å². The summed E-state index contributed by atoms with van der Waals surface area (Å²) >= 11 is 0. The minimum atomic E-state index is -0.354. The van der Waals surface area contributed by atoms with Crippen LogP contribution in [0.4, 0.5) is 4.39 Å². The van der Waals surface area contributed by atoms with Gasteiger partial charge in [0.05, 0.1) is 19.8 Å². The molecule has 116 valence electrons. The van der Waals surface area contributed by atoms with Crippen LogP contribution in [-0.4, -0.2) is 36.8 Å². The Kier molecular flexibility index (Phi) is 3.81. The van der Waals surface area contributed by atoms with Crippen molar-refractivity contribution in [1.29, 1.82) is 0 Å². The van der Waals surface area contributed by atoms with Crippen molar-refractivity contribution in [2.75, 3.05) is 20.8 Å². The first-order valence-corrected chi connectivity index (χ1v) is 6.80. The number of nitrogens with two attached hydrogens (primary N) is 1. The Balaban J connectivity index is 2.14. The number of ether oxygens (including phenoxy) is 3. The summed E-state index contributed by atoms with van der Waals surface area (Å²) in [5.74, 6) is 0.538. The molecule has 1 aliphatic heterocycles. The molecule has 2 heterocycles. The third-order valence-electron chi connectivity index (χ3n) is 3.52. The van der Waals surface area contributed by atoms with E-state index in [0.717, 1.165) is 5.56 Å². The molecule has 1 aromatic carbocycles. The van der Waals surface area contributed by atoms with Crippen molar-refractivity contribution in [1.82, 2.24) is 9.97 Å². The summed E-state index contributed by atoms with van der Waals surface area (Å²) in [6.45, 7) is 0.367. The fraction of sp³-hybridized carbons (Fsp3) is 0.333. The molecule has 0 saturated heterocycles. The number of hydrogen-bond acceptors (Lipinski definition) is 6. The number of benzene rings is 1. The lowest BCUT2D eigenvalue weighted by Gasteiger charge is -2.13. The van der Waals surface area contributed by atoms with Crippen LogP contribution >= 0.6 is 0 Å². The fourth-order valence-corrected chi connectivity index (χ4v) is 2.52. The van der Waals surface area contributed by atoms with E-state index in [-0.39, 0.29) is 17.9 Å². The van der Waals surface area contributed by atoms with Crippen LogP contribution in [0.2, 0.25) is 0 Å². The van der Waals surface area contributed by atoms with E-state index in [1.807, 2.05) is 0 Å². The molecule has 2 N–H and O–H groups in total. The zero-order chi connectivity index (χ0) is 15.7. The number of fused-ring (bicyclic) bond motifs is 1. The number of methoxy groups -OCH3 is 2. The zero-order valence-corrected chi connectivity index (χ0v) is 12.3. The maximum absolute atomic E-state index is 13.9. The van der Waals surface area contributed by atoms with Gasteiger partial charge in [-0.2, -0.15) is 4.98 Å². The van der Waals surface area contributed by atoms with E-state index in [1.54, 1.807) is 0 Å². The van der Waals surface area contributed by atoms with Crippen LogP contribution in [0.1, 0.15) is 5.56 Å². The molecule has 3 rings (SSSR count). The van der Waals surface area contributed by atoms with Gasteiger partial charge in [0.2, 0.25) is 5.88 Å². The standard InChI is InChI=1S/C15H16FN3O3/c1-20-14-12(7-18-15(19-14)21-2)11-5-9(16)3-8-4-10(6-17)22-13(8)11/h3,5,7,10H,4,6,17H2,1-2H3/t10-/m0/s1. The quantitative estimate of drug-likeness (QED) is 0.923. The third kappa shape index (κ3) is 2.43. The highest BCUT2D eigenvalue weighted by Crippen LogP contribution is 2.42. The van der Waals surface area contributed by atoms with E-state index >= 15 is 0 Å². The summed E-state index contributed by atoms with van der Waals surface area (Å²) in [5, 5.41) is 0. The number of aromatic nitrogens is 2. The molecule has 7 heteroatoms. The molecular weight excluding hydrogens is 289 g/mol. The summed E-state index contributed by atoms with van der Waals surface area (Å²) in [6, 6.07) is 3.02. The lowest BCUT2D eigenvalue weighted by molar-refractivity contribution is 0.242. The predicted molar refractivity (Wildman–Crippen MR) is 77.7 cm³/mol. The first kappa shape index (κ1) is 14.5. The third-order valence-corrected chi connectivity index (χ3v) is 3.52. The summed E-state index contributed by atoms with van der Waals surface area (Å²) in [6.07, 6.45) is 1.95. The highest BCUT2D eigenvalue weighted by Gasteiger charge is 2.27. The van der Waals surface area contributed by atoms with Crippen LogP contribution in [0.5, 0.6) is 17.6 Å². The Morgan fingerprint density at radius 2 is 2.14 bits per heavy atom. The van der Waals surface area contributed by atoms with Gasteiger partial charge in [0.1, 0.15) is 17.7 Å². The largest absolute Gasteiger partial charge is 0.488 e. The highest BCUT2D eigenvalue weighted by atomic mass is 19.1. The molecule has 1 aliphatic rings. The molecule has 1 aromatic heterocycles. The Hall–Kier alpha value is -2.41. The average molecular weight is 305 g/mol. The molecule has 0 aliphatic carbocycles. The van der Waals surface area contributed by atoms with Gasteiger partial charge in [-0.25, -0.2) is 9.37 Å². The minimum absolute atomic E-state index is 0.152. The smallest absolute Gasteiger partial charge is 0.319 e. The van der Waals surface area contributed by atoms with Gasteiger partial charge in [-0.1, -0.05) is 0 Å². The maximum Gasteiger partial charge on any atom is 0.319 e. The van der Waals surface area contributed by atoms with E-state index in [1.165, 1.54) is 32.5 Å². The highest BCUT2D eigenvalue weighted by molar-refractivity contribution is 5.76. The molecule has 0 fully saturated rings. The second-order valence-corrected chi connectivity index (χ2v) is 4.90. The van der Waals surface area contributed by atoms with Gasteiger partial charge in [-0.15, -0.1) is 0 Å². The monoisotopic (exact) mass is 305 g/mol. The van der Waals surface area contributed by atoms with Gasteiger partial charge in [0.25, 0.3) is 0 Å². The molecule has 0 unspecified atom stereocenters. The maximum atomic E-state index is 13.9. The van der Waals surface area contributed by atoms with Crippen molar-refractivity contribution in [3.05, 3.63) is 29.7 Å². The van der Waals surface area contributed by atoms with Crippen molar-refractivity contribution in [3.63, 3.8) is 0 Å². The Bertz CT molecular complexity index is 709. The molecule has 0 bridgehead atoms. The molecular formula is C15H16FN3O3. The Morgan fingerprint density at radius 1 is 1.32 bits per heavy atom. The van der Waals surface area contributed by atoms with Crippen molar-refractivity contribution < 1.29 is 18.6 Å². The zero-order valence-electron chi connectivity index (χ0n) is 12.3. The first-order valence-electron chi connectivity index (χ1n) is 6.80. The molecule has 0 radical (unpaired) electrons. The Morgan fingerprint density at radius 3 is 2.82 bits per heavy atom. The molecule has 1 atom stereocenters. The van der Waals surface area contributed by atoms with Gasteiger partial charge in [0.15, 0.2) is 0 Å². The summed E-state index contributed by atoms with van der Waals surface area (Å²) in [7, 11) is 2.94. The number of nitrogens with zero attached hydrogens (tertiary/aromatic N) is 2. The van der Waals surface area contributed by atoms with Crippen LogP contribution in [0.25, 0.3) is 11.1 Å². The average Bonchev–Trinajstić information content (AvgIpc) is 2.96. The molecule has 0 spiro atoms. The van der Waals surface area contributed by atoms with Crippen molar-refractivity contribution >= 4 is 0 Å². The summed E-state index contributed by atoms with van der Waals surface area (Å²) in [5.41, 5.74) is 7.52. The Labute approximate surface area is 127 Å². The van der Waals surface area contributed by atoms with Gasteiger partial charge in [0, 0.05) is 30.3 Å². The topological polar surface area (TPSA) is 79.5 Å². The number of halogens is 1. The predicted octanol–water partition coefficient (Wildman–Crippen LogP) is 1.56. The van der Waals surface area contributed by atoms with Crippen molar-refractivity contribution in [2.24, 2.45) is 5.73 Å². The van der Waals surface area contributed by atoms with E-state index in [2.05, 4.69) is 9.97 Å². The lowest BCUT2D eigenvalue weighted by atomic mass is 10.0. The van der Waals surface area contributed by atoms with Crippen LogP contribution in [0, 0.1) is 5.82 Å². The van der Waals surface area contributed by atoms with Gasteiger partial charge in [-0.3, -0.25) is 0 Å². The normalized spacial score (nSPS) is 16.1. The minimum Gasteiger partial charge on any atom is -0.488 e. The molecule has 0 saturated carbocycles. The number of hydrogen-bond donors (Lipinski definition) is 1. The molecule has 2 aromatic rings. The summed E-state index contributed by atoms with van der Waals surface area (Å²) < 4.78 is 30.0. The fourth-order valence-electron chi connectivity index (χ4n) is 2.52. The van der Waals surface area contributed by atoms with Crippen LogP contribution in [-0.2, 0) is 6.42 Å². The second-order valence-electron chi connectivity index (χ2n) is 4.90. The van der Waals surface area contributed by atoms with Gasteiger partial charge >= 0.3 is 6.01 Å². The van der Waals surface area contributed by atoms with E-state index < -0.39 is 0 Å². The first-order chi connectivity index (χ1) is 10.7. The van der Waals surface area contributed by atoms with E-state index in [9.17, 15) is 4.39 Å². The van der Waals surface area contributed by atoms with Crippen LogP contribution in [0.3, 0.4) is 0 Å². The molecule has 22 heavy (non-hydrogen) atoms. The lowest BCUT2D eigenvalue weighted by Crippen LogP contribution is -2.24. The molecule has 0 amide bonds. The van der Waals surface area contributed by atoms with Crippen LogP contribution < -0.4 is 19.9 Å². The van der Waals surface area contributed by atoms with Crippen LogP contribution in [0.15, 0.2) is 18.3 Å². The number of rotatable bonds is 4. The van der Waals surface area contributed by atoms with E-state index in [4.69, 9.17) is 19.9 Å². The van der Waals surface area contributed by atoms with Crippen molar-refractivity contribution in [3.8, 4) is 28.8 Å². The van der Waals surface area contributed by atoms with Gasteiger partial charge in [-0.05, 0) is 12.1 Å². The molecule has 6 nitrogen and oxygen atoms in total. The van der Waals surface area contributed by atoms with Crippen molar-refractivity contribution in [2.45, 2.75) is 12.5 Å². The second kappa shape index (κ2) is 5.76. The van der Waals surface area contributed by atoms with Gasteiger partial charge < -0.3 is 19.9 Å². The summed E-state index contributed by atoms with van der Waals surface area (Å²) in [4.78, 5) is 8.18. The SMILES string of the molecule is COc1ncc(-c2cc(F)cc3c2O[C@H](CN)C3)c(OC)n1.